The number of hydrogen-bond donors (Lipinski definition) is 0. The molecule has 0 amide bonds. The SMILES string of the molecule is [I][Sn]([I])([S]c1ccccn1)[S]c1ccccn1. The van der Waals surface area contributed by atoms with E-state index in [-0.39, 0.29) is 0 Å². The van der Waals surface area contributed by atoms with Crippen LogP contribution in [-0.2, 0) is 0 Å². The molecule has 17 heavy (non-hydrogen) atoms. The van der Waals surface area contributed by atoms with E-state index in [9.17, 15) is 0 Å². The topological polar surface area (TPSA) is 25.8 Å². The molecular formula is C10H8I2N2S2Sn. The van der Waals surface area contributed by atoms with E-state index in [0.717, 1.165) is 10.1 Å². The first kappa shape index (κ1) is 14.7. The minimum absolute atomic E-state index is 1.12. The Bertz CT molecular complexity index is 427. The third-order valence-electron chi connectivity index (χ3n) is 1.72. The molecule has 0 bridgehead atoms. The molecule has 0 aliphatic heterocycles. The van der Waals surface area contributed by atoms with Crippen LogP contribution in [0.4, 0.5) is 0 Å². The van der Waals surface area contributed by atoms with Crippen molar-refractivity contribution in [2.75, 3.05) is 0 Å². The van der Waals surface area contributed by atoms with E-state index in [2.05, 4.69) is 59.4 Å². The van der Waals surface area contributed by atoms with Crippen molar-refractivity contribution >= 4 is 62.8 Å². The predicted octanol–water partition coefficient (Wildman–Crippen LogP) is 4.67. The van der Waals surface area contributed by atoms with E-state index in [0.29, 0.717) is 0 Å². The van der Waals surface area contributed by atoms with E-state index < -0.39 is 7.67 Å². The van der Waals surface area contributed by atoms with Crippen LogP contribution in [0.1, 0.15) is 0 Å². The molecule has 7 heteroatoms. The van der Waals surface area contributed by atoms with E-state index in [1.165, 1.54) is 0 Å². The second kappa shape index (κ2) is 7.15. The van der Waals surface area contributed by atoms with Crippen LogP contribution in [-0.4, -0.2) is 17.6 Å². The van der Waals surface area contributed by atoms with Gasteiger partial charge in [0.05, 0.1) is 0 Å². The second-order valence-corrected chi connectivity index (χ2v) is 75.5. The third-order valence-corrected chi connectivity index (χ3v) is 31.8. The van der Waals surface area contributed by atoms with Crippen LogP contribution in [0.15, 0.2) is 58.8 Å². The minimum atomic E-state index is -2.30. The first-order chi connectivity index (χ1) is 8.16. The van der Waals surface area contributed by atoms with Crippen molar-refractivity contribution in [3.05, 3.63) is 48.8 Å². The van der Waals surface area contributed by atoms with Crippen molar-refractivity contribution in [3.8, 4) is 0 Å². The fourth-order valence-corrected chi connectivity index (χ4v) is 31.2. The van der Waals surface area contributed by atoms with Gasteiger partial charge >= 0.3 is 132 Å². The molecule has 0 N–H and O–H groups in total. The van der Waals surface area contributed by atoms with Gasteiger partial charge in [-0.15, -0.1) is 0 Å². The maximum atomic E-state index is 4.38. The molecular weight excluding hydrogens is 585 g/mol. The molecule has 0 unspecified atom stereocenters. The summed E-state index contributed by atoms with van der Waals surface area (Å²) in [5.74, 6) is 0. The predicted molar refractivity (Wildman–Crippen MR) is 94.0 cm³/mol. The van der Waals surface area contributed by atoms with E-state index >= 15 is 0 Å². The number of rotatable bonds is 4. The Morgan fingerprint density at radius 2 is 1.29 bits per heavy atom. The van der Waals surface area contributed by atoms with Gasteiger partial charge in [0.1, 0.15) is 0 Å². The fraction of sp³-hybridized carbons (Fsp3) is 0. The summed E-state index contributed by atoms with van der Waals surface area (Å²) in [5, 5.41) is 2.24. The monoisotopic (exact) mass is 594 g/mol. The summed E-state index contributed by atoms with van der Waals surface area (Å²) in [4.78, 5) is 8.76. The summed E-state index contributed by atoms with van der Waals surface area (Å²) in [7, 11) is 1.57. The van der Waals surface area contributed by atoms with Gasteiger partial charge in [-0.2, -0.15) is 0 Å². The summed E-state index contributed by atoms with van der Waals surface area (Å²) >= 11 is 5.25. The average Bonchev–Trinajstić information content (AvgIpc) is 2.30. The summed E-state index contributed by atoms with van der Waals surface area (Å²) in [6.07, 6.45) is 3.70. The molecule has 0 fully saturated rings. The van der Waals surface area contributed by atoms with E-state index in [1.54, 1.807) is 0 Å². The zero-order valence-electron chi connectivity index (χ0n) is 8.59. The van der Waals surface area contributed by atoms with E-state index in [1.807, 2.05) is 54.6 Å². The summed E-state index contributed by atoms with van der Waals surface area (Å²) in [6, 6.07) is 12.1. The summed E-state index contributed by atoms with van der Waals surface area (Å²) in [5.41, 5.74) is 0. The fourth-order valence-electron chi connectivity index (χ4n) is 1.08. The number of nitrogens with zero attached hydrogens (tertiary/aromatic N) is 2. The normalized spacial score (nSPS) is 11.4. The van der Waals surface area contributed by atoms with Crippen LogP contribution in [0, 0.1) is 0 Å². The average molecular weight is 593 g/mol. The number of aromatic nitrogens is 2. The van der Waals surface area contributed by atoms with Gasteiger partial charge in [-0.25, -0.2) is 0 Å². The maximum absolute atomic E-state index is 4.38. The van der Waals surface area contributed by atoms with Crippen molar-refractivity contribution < 1.29 is 0 Å². The number of pyridine rings is 2. The Labute approximate surface area is 129 Å². The van der Waals surface area contributed by atoms with Gasteiger partial charge in [-0.05, 0) is 0 Å². The second-order valence-electron chi connectivity index (χ2n) is 3.00. The first-order valence-corrected chi connectivity index (χ1v) is 30.0. The van der Waals surface area contributed by atoms with Crippen LogP contribution >= 0.6 is 55.2 Å². The van der Waals surface area contributed by atoms with Crippen LogP contribution in [0.3, 0.4) is 0 Å². The number of hydrogen-bond acceptors (Lipinski definition) is 4. The van der Waals surface area contributed by atoms with Gasteiger partial charge in [0, 0.05) is 0 Å². The number of halogens is 2. The summed E-state index contributed by atoms with van der Waals surface area (Å²) in [6.45, 7) is 0. The van der Waals surface area contributed by atoms with Gasteiger partial charge in [0.2, 0.25) is 0 Å². The van der Waals surface area contributed by atoms with Crippen LogP contribution in [0.2, 0.25) is 0 Å². The molecule has 0 spiro atoms. The van der Waals surface area contributed by atoms with Crippen molar-refractivity contribution in [3.63, 3.8) is 0 Å². The van der Waals surface area contributed by atoms with Crippen molar-refractivity contribution in [1.29, 1.82) is 0 Å². The van der Waals surface area contributed by atoms with Gasteiger partial charge in [0.15, 0.2) is 0 Å². The van der Waals surface area contributed by atoms with Gasteiger partial charge in [-0.3, -0.25) is 0 Å². The first-order valence-electron chi connectivity index (χ1n) is 4.74. The summed E-state index contributed by atoms with van der Waals surface area (Å²) < 4.78 is 0. The van der Waals surface area contributed by atoms with Crippen molar-refractivity contribution in [2.45, 2.75) is 10.1 Å². The van der Waals surface area contributed by atoms with Gasteiger partial charge in [0.25, 0.3) is 0 Å². The van der Waals surface area contributed by atoms with Gasteiger partial charge in [-0.1, -0.05) is 0 Å². The Kier molecular flexibility index (Phi) is 6.17. The van der Waals surface area contributed by atoms with Gasteiger partial charge < -0.3 is 0 Å². The van der Waals surface area contributed by atoms with Crippen LogP contribution in [0.25, 0.3) is 0 Å². The van der Waals surface area contributed by atoms with E-state index in [4.69, 9.17) is 0 Å². The Morgan fingerprint density at radius 1 is 0.824 bits per heavy atom. The Balaban J connectivity index is 2.04. The quantitative estimate of drug-likeness (QED) is 0.381. The molecule has 0 aliphatic carbocycles. The molecule has 0 saturated carbocycles. The molecule has 88 valence electrons. The van der Waals surface area contributed by atoms with Crippen molar-refractivity contribution in [1.82, 2.24) is 9.97 Å². The molecule has 0 aliphatic rings. The Morgan fingerprint density at radius 3 is 1.65 bits per heavy atom. The molecule has 0 aromatic carbocycles. The van der Waals surface area contributed by atoms with Crippen LogP contribution in [0.5, 0.6) is 0 Å². The molecule has 2 nitrogen and oxygen atoms in total. The third kappa shape index (κ3) is 5.41. The molecule has 0 radical (unpaired) electrons. The molecule has 0 saturated heterocycles. The Hall–Kier alpha value is 1.26. The molecule has 2 rings (SSSR count). The van der Waals surface area contributed by atoms with Crippen molar-refractivity contribution in [2.24, 2.45) is 0 Å². The standard InChI is InChI=1S/2C5H5NS.2HI.Sn/c2*7-5-3-1-2-4-6-5;;;/h2*1-4H,(H,6,7);2*1H;/q;;;;+4/p-4. The molecule has 2 aromatic heterocycles. The molecule has 2 aromatic rings. The molecule has 0 atom stereocenters. The van der Waals surface area contributed by atoms with Crippen LogP contribution < -0.4 is 0 Å². The molecule has 2 heterocycles. The zero-order valence-corrected chi connectivity index (χ0v) is 17.4. The zero-order chi connectivity index (χ0) is 12.1.